The van der Waals surface area contributed by atoms with E-state index in [-0.39, 0.29) is 17.4 Å². The Morgan fingerprint density at radius 3 is 2.73 bits per heavy atom. The Bertz CT molecular complexity index is 491. The summed E-state index contributed by atoms with van der Waals surface area (Å²) in [4.78, 5) is 0. The van der Waals surface area contributed by atoms with E-state index in [1.807, 2.05) is 0 Å². The van der Waals surface area contributed by atoms with E-state index in [1.165, 1.54) is 0 Å². The van der Waals surface area contributed by atoms with Gasteiger partial charge in [-0.05, 0) is 28.4 Å². The van der Waals surface area contributed by atoms with Crippen LogP contribution in [0.25, 0.3) is 0 Å². The fraction of sp³-hybridized carbons (Fsp3) is 0.500. The van der Waals surface area contributed by atoms with Crippen molar-refractivity contribution in [3.05, 3.63) is 21.4 Å². The van der Waals surface area contributed by atoms with Crippen LogP contribution in [0.4, 0.5) is 0 Å². The highest BCUT2D eigenvalue weighted by molar-refractivity contribution is 9.10. The molecule has 1 aromatic rings. The van der Waals surface area contributed by atoms with E-state index in [9.17, 15) is 8.42 Å². The fourth-order valence-corrected chi connectivity index (χ4v) is 3.76. The maximum absolute atomic E-state index is 11.3. The maximum atomic E-state index is 11.3. The van der Waals surface area contributed by atoms with Gasteiger partial charge in [-0.15, -0.1) is 5.10 Å². The van der Waals surface area contributed by atoms with Crippen LogP contribution in [0.1, 0.15) is 18.0 Å². The standard InChI is InChI=1S/C8H8BrClN2O2S/c9-6-3-7(11-12-8(6)10)5-1-2-15(13,14)4-5/h3,5H,1-2,4H2. The highest BCUT2D eigenvalue weighted by atomic mass is 79.9. The summed E-state index contributed by atoms with van der Waals surface area (Å²) < 4.78 is 23.2. The van der Waals surface area contributed by atoms with Gasteiger partial charge in [-0.3, -0.25) is 0 Å². The molecule has 1 fully saturated rings. The van der Waals surface area contributed by atoms with Gasteiger partial charge in [0, 0.05) is 5.92 Å². The molecule has 7 heteroatoms. The van der Waals surface area contributed by atoms with Crippen molar-refractivity contribution in [3.8, 4) is 0 Å². The predicted molar refractivity (Wildman–Crippen MR) is 60.8 cm³/mol. The van der Waals surface area contributed by atoms with Crippen molar-refractivity contribution in [1.82, 2.24) is 10.2 Å². The molecule has 1 unspecified atom stereocenters. The first kappa shape index (κ1) is 11.3. The van der Waals surface area contributed by atoms with E-state index >= 15 is 0 Å². The van der Waals surface area contributed by atoms with E-state index in [0.717, 1.165) is 0 Å². The number of hydrogen-bond donors (Lipinski definition) is 0. The van der Waals surface area contributed by atoms with Crippen LogP contribution in [0.5, 0.6) is 0 Å². The second-order valence-corrected chi connectivity index (χ2v) is 6.95. The third kappa shape index (κ3) is 2.49. The molecule has 1 aromatic heterocycles. The monoisotopic (exact) mass is 310 g/mol. The molecule has 0 amide bonds. The fourth-order valence-electron chi connectivity index (χ4n) is 1.60. The molecule has 0 N–H and O–H groups in total. The second kappa shape index (κ2) is 3.99. The number of nitrogens with zero attached hydrogens (tertiary/aromatic N) is 2. The highest BCUT2D eigenvalue weighted by Crippen LogP contribution is 2.30. The summed E-state index contributed by atoms with van der Waals surface area (Å²) in [6.07, 6.45) is 0.616. The molecule has 1 atom stereocenters. The first-order valence-corrected chi connectivity index (χ1v) is 7.36. The van der Waals surface area contributed by atoms with Crippen LogP contribution < -0.4 is 0 Å². The van der Waals surface area contributed by atoms with Crippen LogP contribution in [0.2, 0.25) is 5.15 Å². The average molecular weight is 312 g/mol. The van der Waals surface area contributed by atoms with Crippen LogP contribution in [0.3, 0.4) is 0 Å². The summed E-state index contributed by atoms with van der Waals surface area (Å²) in [6.45, 7) is 0. The average Bonchev–Trinajstić information content (AvgIpc) is 2.51. The molecular formula is C8H8BrClN2O2S. The van der Waals surface area contributed by atoms with Crippen molar-refractivity contribution >= 4 is 37.4 Å². The normalized spacial score (nSPS) is 24.3. The van der Waals surface area contributed by atoms with Gasteiger partial charge in [0.1, 0.15) is 0 Å². The number of aromatic nitrogens is 2. The molecule has 4 nitrogen and oxygen atoms in total. The Kier molecular flexibility index (Phi) is 3.00. The molecule has 2 rings (SSSR count). The van der Waals surface area contributed by atoms with E-state index in [4.69, 9.17) is 11.6 Å². The molecule has 0 saturated carbocycles. The number of rotatable bonds is 1. The summed E-state index contributed by atoms with van der Waals surface area (Å²) in [5, 5.41) is 7.95. The lowest BCUT2D eigenvalue weighted by Crippen LogP contribution is -2.06. The molecule has 82 valence electrons. The zero-order valence-corrected chi connectivity index (χ0v) is 10.8. The zero-order chi connectivity index (χ0) is 11.1. The smallest absolute Gasteiger partial charge is 0.165 e. The lowest BCUT2D eigenvalue weighted by atomic mass is 10.1. The predicted octanol–water partition coefficient (Wildman–Crippen LogP) is 1.79. The van der Waals surface area contributed by atoms with Gasteiger partial charge >= 0.3 is 0 Å². The Hall–Kier alpha value is -0.200. The molecule has 0 bridgehead atoms. The Labute approximate surface area is 101 Å². The summed E-state index contributed by atoms with van der Waals surface area (Å²) in [5.41, 5.74) is 0.687. The molecule has 0 spiro atoms. The lowest BCUT2D eigenvalue weighted by molar-refractivity contribution is 0.601. The number of hydrogen-bond acceptors (Lipinski definition) is 4. The van der Waals surface area contributed by atoms with Crippen molar-refractivity contribution in [2.24, 2.45) is 0 Å². The molecule has 15 heavy (non-hydrogen) atoms. The van der Waals surface area contributed by atoms with Crippen molar-refractivity contribution in [1.29, 1.82) is 0 Å². The SMILES string of the molecule is O=S1(=O)CCC(c2cc(Br)c(Cl)nn2)C1. The zero-order valence-electron chi connectivity index (χ0n) is 7.65. The third-order valence-corrected chi connectivity index (χ3v) is 5.26. The van der Waals surface area contributed by atoms with Crippen LogP contribution in [0, 0.1) is 0 Å². The van der Waals surface area contributed by atoms with E-state index < -0.39 is 9.84 Å². The molecule has 1 aliphatic heterocycles. The third-order valence-electron chi connectivity index (χ3n) is 2.38. The first-order chi connectivity index (χ1) is 6.98. The van der Waals surface area contributed by atoms with Crippen LogP contribution in [-0.4, -0.2) is 30.1 Å². The first-order valence-electron chi connectivity index (χ1n) is 4.37. The summed E-state index contributed by atoms with van der Waals surface area (Å²) >= 11 is 8.94. The maximum Gasteiger partial charge on any atom is 0.165 e. The molecule has 0 aromatic carbocycles. The minimum atomic E-state index is -2.88. The topological polar surface area (TPSA) is 59.9 Å². The van der Waals surface area contributed by atoms with E-state index in [2.05, 4.69) is 26.1 Å². The van der Waals surface area contributed by atoms with Gasteiger partial charge in [-0.2, -0.15) is 5.10 Å². The molecule has 1 aliphatic rings. The van der Waals surface area contributed by atoms with Crippen molar-refractivity contribution < 1.29 is 8.42 Å². The van der Waals surface area contributed by atoms with E-state index in [1.54, 1.807) is 6.07 Å². The molecular weight excluding hydrogens is 304 g/mol. The van der Waals surface area contributed by atoms with E-state index in [0.29, 0.717) is 21.7 Å². The van der Waals surface area contributed by atoms with Crippen molar-refractivity contribution in [2.75, 3.05) is 11.5 Å². The van der Waals surface area contributed by atoms with Gasteiger partial charge < -0.3 is 0 Å². The minimum absolute atomic E-state index is 0.0453. The number of halogens is 2. The van der Waals surface area contributed by atoms with Crippen LogP contribution >= 0.6 is 27.5 Å². The molecule has 0 aliphatic carbocycles. The molecule has 0 radical (unpaired) electrons. The Morgan fingerprint density at radius 1 is 1.47 bits per heavy atom. The van der Waals surface area contributed by atoms with Gasteiger partial charge in [0.15, 0.2) is 15.0 Å². The van der Waals surface area contributed by atoms with Gasteiger partial charge in [0.25, 0.3) is 0 Å². The number of sulfone groups is 1. The van der Waals surface area contributed by atoms with Gasteiger partial charge in [0.2, 0.25) is 0 Å². The van der Waals surface area contributed by atoms with Gasteiger partial charge in [-0.1, -0.05) is 11.6 Å². The van der Waals surface area contributed by atoms with Crippen molar-refractivity contribution in [2.45, 2.75) is 12.3 Å². The Balaban J connectivity index is 2.28. The summed E-state index contributed by atoms with van der Waals surface area (Å²) in [7, 11) is -2.88. The molecule has 1 saturated heterocycles. The Morgan fingerprint density at radius 2 is 2.20 bits per heavy atom. The molecule has 2 heterocycles. The van der Waals surface area contributed by atoms with Gasteiger partial charge in [-0.25, -0.2) is 8.42 Å². The van der Waals surface area contributed by atoms with Gasteiger partial charge in [0.05, 0.1) is 21.7 Å². The highest BCUT2D eigenvalue weighted by Gasteiger charge is 2.30. The van der Waals surface area contributed by atoms with Crippen LogP contribution in [-0.2, 0) is 9.84 Å². The minimum Gasteiger partial charge on any atom is -0.229 e. The van der Waals surface area contributed by atoms with Crippen molar-refractivity contribution in [3.63, 3.8) is 0 Å². The summed E-state index contributed by atoms with van der Waals surface area (Å²) in [6, 6.07) is 1.74. The van der Waals surface area contributed by atoms with Crippen LogP contribution in [0.15, 0.2) is 10.5 Å². The second-order valence-electron chi connectivity index (χ2n) is 3.51. The largest absolute Gasteiger partial charge is 0.229 e. The summed E-state index contributed by atoms with van der Waals surface area (Å²) in [5.74, 6) is 0.353. The lowest BCUT2D eigenvalue weighted by Gasteiger charge is -2.06. The quantitative estimate of drug-likeness (QED) is 0.793.